The van der Waals surface area contributed by atoms with E-state index in [4.69, 9.17) is 4.74 Å². The van der Waals surface area contributed by atoms with Crippen molar-refractivity contribution in [3.8, 4) is 0 Å². The molecule has 0 heterocycles. The lowest BCUT2D eigenvalue weighted by Gasteiger charge is -2.24. The number of amides is 1. The van der Waals surface area contributed by atoms with E-state index in [-0.39, 0.29) is 28.8 Å². The number of sulfone groups is 1. The molecule has 1 atom stereocenters. The number of hydrogen-bond donors (Lipinski definition) is 1. The van der Waals surface area contributed by atoms with Gasteiger partial charge >= 0.3 is 6.09 Å². The molecule has 0 spiro atoms. The van der Waals surface area contributed by atoms with Crippen LogP contribution >= 0.6 is 0 Å². The third-order valence-corrected chi connectivity index (χ3v) is 5.62. The second-order valence-electron chi connectivity index (χ2n) is 8.12. The molecule has 28 heavy (non-hydrogen) atoms. The molecule has 1 rings (SSSR count). The van der Waals surface area contributed by atoms with E-state index < -0.39 is 27.6 Å². The predicted octanol–water partition coefficient (Wildman–Crippen LogP) is 3.83. The topological polar surface area (TPSA) is 89.5 Å². The van der Waals surface area contributed by atoms with E-state index in [1.165, 1.54) is 6.08 Å². The molecule has 0 bridgehead atoms. The summed E-state index contributed by atoms with van der Waals surface area (Å²) < 4.78 is 29.9. The molecule has 1 aromatic rings. The molecule has 0 aromatic heterocycles. The van der Waals surface area contributed by atoms with E-state index in [2.05, 4.69) is 5.32 Å². The zero-order valence-electron chi connectivity index (χ0n) is 17.5. The highest BCUT2D eigenvalue weighted by molar-refractivity contribution is 7.91. The number of hydrogen-bond acceptors (Lipinski definition) is 5. The predicted molar refractivity (Wildman–Crippen MR) is 110 cm³/mol. The Morgan fingerprint density at radius 3 is 2.21 bits per heavy atom. The van der Waals surface area contributed by atoms with Crippen molar-refractivity contribution in [2.24, 2.45) is 5.92 Å². The summed E-state index contributed by atoms with van der Waals surface area (Å²) in [6.07, 6.45) is 2.22. The fraction of sp³-hybridized carbons (Fsp3) is 0.524. The van der Waals surface area contributed by atoms with Crippen molar-refractivity contribution in [2.45, 2.75) is 64.5 Å². The average Bonchev–Trinajstić information content (AvgIpc) is 2.55. The van der Waals surface area contributed by atoms with Crippen molar-refractivity contribution in [3.05, 3.63) is 42.0 Å². The zero-order chi connectivity index (χ0) is 21.5. The van der Waals surface area contributed by atoms with E-state index in [9.17, 15) is 18.0 Å². The van der Waals surface area contributed by atoms with Crippen molar-refractivity contribution in [2.75, 3.05) is 5.75 Å². The number of carbonyl (C=O) groups excluding carboxylic acids is 2. The molecule has 7 heteroatoms. The van der Waals surface area contributed by atoms with Crippen molar-refractivity contribution < 1.29 is 22.7 Å². The van der Waals surface area contributed by atoms with Crippen LogP contribution in [-0.2, 0) is 19.4 Å². The summed E-state index contributed by atoms with van der Waals surface area (Å²) in [6.45, 7) is 11.0. The van der Waals surface area contributed by atoms with E-state index in [0.29, 0.717) is 0 Å². The Morgan fingerprint density at radius 1 is 1.14 bits per heavy atom. The average molecular weight is 410 g/mol. The number of aryl methyl sites for hydroxylation is 1. The van der Waals surface area contributed by atoms with Crippen LogP contribution in [0.25, 0.3) is 0 Å². The van der Waals surface area contributed by atoms with Crippen LogP contribution in [0.3, 0.4) is 0 Å². The summed E-state index contributed by atoms with van der Waals surface area (Å²) in [5, 5.41) is 2.71. The van der Waals surface area contributed by atoms with Crippen LogP contribution in [0.15, 0.2) is 41.3 Å². The number of nitrogens with one attached hydrogen (secondary N) is 1. The molecule has 1 N–H and O–H groups in total. The van der Waals surface area contributed by atoms with Crippen molar-refractivity contribution in [1.29, 1.82) is 0 Å². The molecule has 0 unspecified atom stereocenters. The third-order valence-electron chi connectivity index (χ3n) is 3.89. The fourth-order valence-corrected chi connectivity index (χ4v) is 3.53. The van der Waals surface area contributed by atoms with Gasteiger partial charge < -0.3 is 10.1 Å². The molecule has 1 aromatic carbocycles. The molecule has 0 aliphatic heterocycles. The minimum atomic E-state index is -3.51. The van der Waals surface area contributed by atoms with Crippen LogP contribution < -0.4 is 5.32 Å². The normalized spacial score (nSPS) is 13.5. The van der Waals surface area contributed by atoms with Gasteiger partial charge in [-0.1, -0.05) is 37.6 Å². The quantitative estimate of drug-likeness (QED) is 0.659. The maximum Gasteiger partial charge on any atom is 0.408 e. The maximum atomic E-state index is 12.3. The van der Waals surface area contributed by atoms with Gasteiger partial charge in [-0.15, -0.1) is 0 Å². The Kier molecular flexibility index (Phi) is 8.42. The highest BCUT2D eigenvalue weighted by Gasteiger charge is 2.20. The molecular weight excluding hydrogens is 378 g/mol. The van der Waals surface area contributed by atoms with Gasteiger partial charge in [-0.3, -0.25) is 4.79 Å². The standard InChI is InChI=1S/C21H31NO5S/c1-15(2)19(22-20(24)27-21(4,5)6)12-9-17(23)13-14-28(25,26)18-10-7-16(3)8-11-18/h7-12,15,19H,13-14H2,1-6H3,(H,22,24)/b12-9+/t19-/m1/s1. The van der Waals surface area contributed by atoms with Gasteiger partial charge in [-0.2, -0.15) is 0 Å². The number of allylic oxidation sites excluding steroid dienone is 1. The van der Waals surface area contributed by atoms with Gasteiger partial charge in [-0.05, 0) is 51.8 Å². The highest BCUT2D eigenvalue weighted by Crippen LogP contribution is 2.14. The van der Waals surface area contributed by atoms with Gasteiger partial charge in [0.05, 0.1) is 16.7 Å². The van der Waals surface area contributed by atoms with E-state index in [0.717, 1.165) is 5.56 Å². The van der Waals surface area contributed by atoms with Gasteiger partial charge in [0.2, 0.25) is 0 Å². The van der Waals surface area contributed by atoms with Crippen LogP contribution in [0.1, 0.15) is 46.6 Å². The smallest absolute Gasteiger partial charge is 0.408 e. The molecule has 0 fully saturated rings. The molecule has 6 nitrogen and oxygen atoms in total. The van der Waals surface area contributed by atoms with Crippen molar-refractivity contribution in [1.82, 2.24) is 5.32 Å². The summed E-state index contributed by atoms with van der Waals surface area (Å²) in [7, 11) is -3.51. The third kappa shape index (κ3) is 8.69. The van der Waals surface area contributed by atoms with Gasteiger partial charge in [0.1, 0.15) is 5.60 Å². The Balaban J connectivity index is 2.66. The Bertz CT molecular complexity index is 802. The van der Waals surface area contributed by atoms with Gasteiger partial charge in [-0.25, -0.2) is 13.2 Å². The van der Waals surface area contributed by atoms with E-state index in [1.807, 2.05) is 20.8 Å². The van der Waals surface area contributed by atoms with Crippen LogP contribution in [0.2, 0.25) is 0 Å². The first kappa shape index (κ1) is 23.9. The Labute approximate surface area is 168 Å². The minimum absolute atomic E-state index is 0.0351. The van der Waals surface area contributed by atoms with Gasteiger partial charge in [0.25, 0.3) is 0 Å². The Hall–Kier alpha value is -2.15. The number of ether oxygens (including phenoxy) is 1. The van der Waals surface area contributed by atoms with Gasteiger partial charge in [0, 0.05) is 6.42 Å². The first-order valence-electron chi connectivity index (χ1n) is 9.30. The number of alkyl carbamates (subject to hydrolysis) is 1. The van der Waals surface area contributed by atoms with Crippen LogP contribution in [0.5, 0.6) is 0 Å². The van der Waals surface area contributed by atoms with E-state index in [1.54, 1.807) is 51.1 Å². The lowest BCUT2D eigenvalue weighted by molar-refractivity contribution is -0.114. The fourth-order valence-electron chi connectivity index (χ4n) is 2.27. The van der Waals surface area contributed by atoms with Gasteiger partial charge in [0.15, 0.2) is 15.6 Å². The summed E-state index contributed by atoms with van der Waals surface area (Å²) in [6, 6.07) is 6.15. The summed E-state index contributed by atoms with van der Waals surface area (Å²) in [5.74, 6) is -0.536. The molecule has 0 saturated heterocycles. The summed E-state index contributed by atoms with van der Waals surface area (Å²) in [4.78, 5) is 24.3. The lowest BCUT2D eigenvalue weighted by atomic mass is 10.0. The van der Waals surface area contributed by atoms with Crippen LogP contribution in [0.4, 0.5) is 4.79 Å². The Morgan fingerprint density at radius 2 is 1.71 bits per heavy atom. The van der Waals surface area contributed by atoms with Crippen molar-refractivity contribution >= 4 is 21.7 Å². The largest absolute Gasteiger partial charge is 0.444 e. The summed E-state index contributed by atoms with van der Waals surface area (Å²) in [5.41, 5.74) is 0.352. The van der Waals surface area contributed by atoms with Crippen molar-refractivity contribution in [3.63, 3.8) is 0 Å². The molecule has 156 valence electrons. The number of ketones is 1. The SMILES string of the molecule is Cc1ccc(S(=O)(=O)CCC(=O)/C=C/[C@@H](NC(=O)OC(C)(C)C)C(C)C)cc1. The first-order valence-corrected chi connectivity index (χ1v) is 11.0. The summed E-state index contributed by atoms with van der Waals surface area (Å²) >= 11 is 0. The minimum Gasteiger partial charge on any atom is -0.444 e. The van der Waals surface area contributed by atoms with Crippen LogP contribution in [0, 0.1) is 12.8 Å². The second kappa shape index (κ2) is 9.87. The number of rotatable bonds is 8. The number of benzene rings is 1. The first-order chi connectivity index (χ1) is 12.8. The number of carbonyl (C=O) groups is 2. The molecular formula is C21H31NO5S. The lowest BCUT2D eigenvalue weighted by Crippen LogP contribution is -2.40. The monoisotopic (exact) mass is 409 g/mol. The zero-order valence-corrected chi connectivity index (χ0v) is 18.3. The second-order valence-corrected chi connectivity index (χ2v) is 10.2. The highest BCUT2D eigenvalue weighted by atomic mass is 32.2. The molecule has 0 radical (unpaired) electrons. The maximum absolute atomic E-state index is 12.3. The molecule has 0 saturated carbocycles. The molecule has 0 aliphatic rings. The molecule has 1 amide bonds. The molecule has 0 aliphatic carbocycles. The van der Waals surface area contributed by atoms with E-state index >= 15 is 0 Å². The van der Waals surface area contributed by atoms with Crippen LogP contribution in [-0.4, -0.2) is 37.7 Å².